The van der Waals surface area contributed by atoms with E-state index in [2.05, 4.69) is 4.98 Å². The smallest absolute Gasteiger partial charge is 0.200 e. The van der Waals surface area contributed by atoms with Gasteiger partial charge in [-0.25, -0.2) is 0 Å². The van der Waals surface area contributed by atoms with Gasteiger partial charge in [-0.3, -0.25) is 19.4 Å². The fourth-order valence-corrected chi connectivity index (χ4v) is 3.58. The Balaban J connectivity index is 1.89. The van der Waals surface area contributed by atoms with Crippen LogP contribution < -0.4 is 11.0 Å². The number of hydrogen-bond donors (Lipinski definition) is 0. The minimum atomic E-state index is -0.461. The Hall–Kier alpha value is -3.80. The van der Waals surface area contributed by atoms with Crippen molar-refractivity contribution >= 4 is 35.8 Å². The quantitative estimate of drug-likeness (QED) is 0.286. The summed E-state index contributed by atoms with van der Waals surface area (Å²) in [4.78, 5) is 42.3. The van der Waals surface area contributed by atoms with Crippen LogP contribution in [0.4, 0.5) is 0 Å². The van der Waals surface area contributed by atoms with E-state index < -0.39 is 5.78 Å². The van der Waals surface area contributed by atoms with Crippen molar-refractivity contribution in [2.24, 2.45) is 0 Å². The Labute approximate surface area is 174 Å². The van der Waals surface area contributed by atoms with E-state index in [1.807, 2.05) is 41.7 Å². The number of fused-ring (bicyclic) bond motifs is 1. The number of nitrogens with zero attached hydrogens (tertiary/aromatic N) is 2. The summed E-state index contributed by atoms with van der Waals surface area (Å²) < 4.78 is 1.87. The van der Waals surface area contributed by atoms with E-state index in [0.717, 1.165) is 24.1 Å². The normalized spacial score (nSPS) is 10.7. The van der Waals surface area contributed by atoms with Crippen molar-refractivity contribution in [2.75, 3.05) is 0 Å². The number of carbonyl (C=O) groups is 2. The maximum absolute atomic E-state index is 13.2. The molecule has 0 amide bonds. The van der Waals surface area contributed by atoms with Crippen LogP contribution in [0.25, 0.3) is 10.9 Å². The first-order valence-electron chi connectivity index (χ1n) is 9.78. The average molecular weight is 394 g/mol. The zero-order valence-corrected chi connectivity index (χ0v) is 16.5. The summed E-state index contributed by atoms with van der Waals surface area (Å²) >= 11 is 0. The van der Waals surface area contributed by atoms with Gasteiger partial charge in [-0.2, -0.15) is 0 Å². The van der Waals surface area contributed by atoms with Crippen LogP contribution >= 0.6 is 0 Å². The zero-order valence-electron chi connectivity index (χ0n) is 16.5. The summed E-state index contributed by atoms with van der Waals surface area (Å²) in [5.74, 6) is -0.461. The predicted octanol–water partition coefficient (Wildman–Crippen LogP) is 2.60. The predicted molar refractivity (Wildman–Crippen MR) is 119 cm³/mol. The highest BCUT2D eigenvalue weighted by atomic mass is 16.1. The third-order valence-corrected chi connectivity index (χ3v) is 5.12. The summed E-state index contributed by atoms with van der Waals surface area (Å²) in [6.45, 7) is 2.46. The molecule has 0 spiro atoms. The topological polar surface area (TPSA) is 69.0 Å². The Morgan fingerprint density at radius 3 is 2.57 bits per heavy atom. The van der Waals surface area contributed by atoms with Gasteiger partial charge in [0.15, 0.2) is 19.3 Å². The van der Waals surface area contributed by atoms with E-state index in [-0.39, 0.29) is 22.1 Å². The van der Waals surface area contributed by atoms with Crippen LogP contribution in [0.15, 0.2) is 77.7 Å². The lowest BCUT2D eigenvalue weighted by Crippen LogP contribution is -2.22. The molecule has 30 heavy (non-hydrogen) atoms. The van der Waals surface area contributed by atoms with Crippen LogP contribution in [0.2, 0.25) is 6.82 Å². The first-order valence-corrected chi connectivity index (χ1v) is 9.78. The van der Waals surface area contributed by atoms with Crippen molar-refractivity contribution in [3.8, 4) is 0 Å². The zero-order chi connectivity index (χ0) is 21.1. The average Bonchev–Trinajstić information content (AvgIpc) is 2.80. The molecule has 0 unspecified atom stereocenters. The summed E-state index contributed by atoms with van der Waals surface area (Å²) in [5, 5.41) is 0.457. The number of hydrogen-bond acceptors (Lipinski definition) is 4. The molecule has 0 radical (unpaired) electrons. The van der Waals surface area contributed by atoms with Crippen LogP contribution in [0.5, 0.6) is 0 Å². The number of rotatable bonds is 6. The first kappa shape index (κ1) is 19.5. The number of para-hydroxylation sites is 1. The van der Waals surface area contributed by atoms with Crippen molar-refractivity contribution in [3.05, 3.63) is 106 Å². The van der Waals surface area contributed by atoms with Gasteiger partial charge in [0.05, 0.1) is 23.3 Å². The summed E-state index contributed by atoms with van der Waals surface area (Å²) in [5.41, 5.74) is 2.73. The van der Waals surface area contributed by atoms with Crippen LogP contribution in [-0.2, 0) is 6.54 Å². The van der Waals surface area contributed by atoms with E-state index in [9.17, 15) is 14.4 Å². The van der Waals surface area contributed by atoms with E-state index in [0.29, 0.717) is 18.2 Å². The Bertz CT molecular complexity index is 1330. The number of aldehydes is 1. The number of carbonyl (C=O) groups excluding carboxylic acids is 2. The third kappa shape index (κ3) is 3.60. The maximum Gasteiger partial charge on any atom is 0.200 e. The van der Waals surface area contributed by atoms with E-state index in [1.54, 1.807) is 42.6 Å². The molecule has 0 saturated carbocycles. The number of pyridine rings is 2. The van der Waals surface area contributed by atoms with Crippen molar-refractivity contribution in [1.29, 1.82) is 0 Å². The monoisotopic (exact) mass is 394 g/mol. The van der Waals surface area contributed by atoms with Crippen LogP contribution in [0.3, 0.4) is 0 Å². The highest BCUT2D eigenvalue weighted by Gasteiger charge is 2.19. The molecule has 2 aromatic heterocycles. The lowest BCUT2D eigenvalue weighted by Gasteiger charge is -2.14. The molecular formula is C24H19BN2O3. The first-order chi connectivity index (χ1) is 14.6. The molecule has 4 rings (SSSR count). The standard InChI is InChI=1S/C24H19BN2O3/c1-25-22-12-6-8-17(26-22)13-27-14-20(24(30)19-10-4-5-11-21(19)27)23(29)18-9-3-2-7-16(18)15-28/h2-12,14-15,25H,13H2,1H3. The van der Waals surface area contributed by atoms with Gasteiger partial charge in [0.2, 0.25) is 5.43 Å². The molecule has 0 atom stereocenters. The Kier molecular flexibility index (Phi) is 5.39. The molecule has 6 heteroatoms. The molecule has 0 bridgehead atoms. The highest BCUT2D eigenvalue weighted by molar-refractivity contribution is 6.50. The molecule has 0 saturated heterocycles. The van der Waals surface area contributed by atoms with Gasteiger partial charge in [0.25, 0.3) is 0 Å². The summed E-state index contributed by atoms with van der Waals surface area (Å²) in [6, 6.07) is 19.6. The molecule has 0 aliphatic heterocycles. The molecule has 2 heterocycles. The minimum absolute atomic E-state index is 0.0367. The molecule has 0 aliphatic rings. The van der Waals surface area contributed by atoms with Gasteiger partial charge < -0.3 is 4.57 Å². The van der Waals surface area contributed by atoms with Crippen LogP contribution in [0.1, 0.15) is 32.0 Å². The van der Waals surface area contributed by atoms with Gasteiger partial charge in [0.1, 0.15) is 0 Å². The number of ketones is 1. The second kappa shape index (κ2) is 8.29. The molecule has 146 valence electrons. The highest BCUT2D eigenvalue weighted by Crippen LogP contribution is 2.17. The van der Waals surface area contributed by atoms with E-state index in [4.69, 9.17) is 0 Å². The summed E-state index contributed by atoms with van der Waals surface area (Å²) in [6.07, 6.45) is 2.21. The summed E-state index contributed by atoms with van der Waals surface area (Å²) in [7, 11) is 0.824. The van der Waals surface area contributed by atoms with Gasteiger partial charge in [-0.05, 0) is 23.8 Å². The van der Waals surface area contributed by atoms with Gasteiger partial charge in [-0.15, -0.1) is 0 Å². The maximum atomic E-state index is 13.2. The largest absolute Gasteiger partial charge is 0.340 e. The molecule has 0 N–H and O–H groups in total. The molecule has 5 nitrogen and oxygen atoms in total. The van der Waals surface area contributed by atoms with Crippen molar-refractivity contribution in [1.82, 2.24) is 9.55 Å². The minimum Gasteiger partial charge on any atom is -0.340 e. The SMILES string of the molecule is CBc1cccc(Cn2cc(C(=O)c3ccccc3C=O)c(=O)c3ccccc32)n1. The fourth-order valence-electron chi connectivity index (χ4n) is 3.58. The Morgan fingerprint density at radius 2 is 1.77 bits per heavy atom. The number of benzene rings is 2. The molecule has 4 aromatic rings. The van der Waals surface area contributed by atoms with E-state index in [1.165, 1.54) is 0 Å². The molecule has 0 aliphatic carbocycles. The van der Waals surface area contributed by atoms with Crippen molar-refractivity contribution in [3.63, 3.8) is 0 Å². The van der Waals surface area contributed by atoms with Gasteiger partial charge >= 0.3 is 0 Å². The fraction of sp³-hybridized carbons (Fsp3) is 0.0833. The van der Waals surface area contributed by atoms with Crippen molar-refractivity contribution < 1.29 is 9.59 Å². The Morgan fingerprint density at radius 1 is 1.00 bits per heavy atom. The van der Waals surface area contributed by atoms with Crippen molar-refractivity contribution in [2.45, 2.75) is 13.4 Å². The molecular weight excluding hydrogens is 375 g/mol. The van der Waals surface area contributed by atoms with E-state index >= 15 is 0 Å². The van der Waals surface area contributed by atoms with Gasteiger partial charge in [0, 0.05) is 22.7 Å². The van der Waals surface area contributed by atoms with Crippen LogP contribution in [0, 0.1) is 0 Å². The second-order valence-electron chi connectivity index (χ2n) is 7.02. The molecule has 0 fully saturated rings. The molecule has 2 aromatic carbocycles. The lowest BCUT2D eigenvalue weighted by atomic mass is 9.77. The van der Waals surface area contributed by atoms with Crippen LogP contribution in [-0.4, -0.2) is 28.9 Å². The lowest BCUT2D eigenvalue weighted by molar-refractivity contribution is 0.102. The number of aromatic nitrogens is 2. The third-order valence-electron chi connectivity index (χ3n) is 5.12. The second-order valence-corrected chi connectivity index (χ2v) is 7.02. The van der Waals surface area contributed by atoms with Gasteiger partial charge in [-0.1, -0.05) is 55.4 Å².